The molecule has 0 saturated heterocycles. The van der Waals surface area contributed by atoms with E-state index in [0.29, 0.717) is 10.8 Å². The zero-order chi connectivity index (χ0) is 9.68. The van der Waals surface area contributed by atoms with Gasteiger partial charge in [0.1, 0.15) is 5.75 Å². The summed E-state index contributed by atoms with van der Waals surface area (Å²) in [5.41, 5.74) is 0.973. The number of methoxy groups -OCH3 is 1. The molecule has 0 aliphatic heterocycles. The molecule has 1 rings (SSSR count). The van der Waals surface area contributed by atoms with Crippen molar-refractivity contribution in [3.05, 3.63) is 35.9 Å². The van der Waals surface area contributed by atoms with Crippen molar-refractivity contribution in [2.45, 2.75) is 0 Å². The molecule has 3 heteroatoms. The zero-order valence-corrected chi connectivity index (χ0v) is 8.27. The average molecular weight is 198 g/mol. The molecule has 1 aromatic rings. The Bertz CT molecular complexity index is 299. The summed E-state index contributed by atoms with van der Waals surface area (Å²) in [4.78, 5) is 0. The van der Waals surface area contributed by atoms with Crippen molar-refractivity contribution in [1.82, 2.24) is 0 Å². The van der Waals surface area contributed by atoms with Crippen LogP contribution >= 0.6 is 11.6 Å². The van der Waals surface area contributed by atoms with E-state index < -0.39 is 0 Å². The standard InChI is InChI=1S/C10H12ClNO/c1-3-6-12-8-4-5-9(11)10(7-8)13-2/h3-5,7,12H,1,6H2,2H3. The maximum atomic E-state index is 5.86. The van der Waals surface area contributed by atoms with Crippen LogP contribution < -0.4 is 10.1 Å². The Morgan fingerprint density at radius 3 is 3.00 bits per heavy atom. The van der Waals surface area contributed by atoms with Gasteiger partial charge in [-0.25, -0.2) is 0 Å². The molecule has 1 aromatic carbocycles. The Morgan fingerprint density at radius 2 is 2.38 bits per heavy atom. The molecule has 0 spiro atoms. The molecule has 1 N–H and O–H groups in total. The lowest BCUT2D eigenvalue weighted by Gasteiger charge is -2.07. The fourth-order valence-corrected chi connectivity index (χ4v) is 1.15. The van der Waals surface area contributed by atoms with Crippen molar-refractivity contribution in [3.63, 3.8) is 0 Å². The Balaban J connectivity index is 2.79. The monoisotopic (exact) mass is 197 g/mol. The molecule has 13 heavy (non-hydrogen) atoms. The van der Waals surface area contributed by atoms with Crippen molar-refractivity contribution < 1.29 is 4.74 Å². The van der Waals surface area contributed by atoms with E-state index in [2.05, 4.69) is 11.9 Å². The van der Waals surface area contributed by atoms with Crippen LogP contribution in [0.2, 0.25) is 5.02 Å². The molecule has 0 radical (unpaired) electrons. The summed E-state index contributed by atoms with van der Waals surface area (Å²) < 4.78 is 5.07. The van der Waals surface area contributed by atoms with Gasteiger partial charge >= 0.3 is 0 Å². The Morgan fingerprint density at radius 1 is 1.62 bits per heavy atom. The number of ether oxygens (including phenoxy) is 1. The summed E-state index contributed by atoms with van der Waals surface area (Å²) in [5, 5.41) is 3.76. The number of hydrogen-bond donors (Lipinski definition) is 1. The lowest BCUT2D eigenvalue weighted by molar-refractivity contribution is 0.415. The van der Waals surface area contributed by atoms with Gasteiger partial charge in [0.05, 0.1) is 12.1 Å². The number of halogens is 1. The summed E-state index contributed by atoms with van der Waals surface area (Å²) in [5.74, 6) is 0.677. The van der Waals surface area contributed by atoms with Crippen LogP contribution in [0, 0.1) is 0 Å². The van der Waals surface area contributed by atoms with Gasteiger partial charge in [-0.1, -0.05) is 17.7 Å². The SMILES string of the molecule is C=CCNc1ccc(Cl)c(OC)c1. The minimum absolute atomic E-state index is 0.617. The van der Waals surface area contributed by atoms with E-state index in [1.807, 2.05) is 12.1 Å². The summed E-state index contributed by atoms with van der Waals surface area (Å²) in [6, 6.07) is 5.55. The van der Waals surface area contributed by atoms with Gasteiger partial charge in [-0.3, -0.25) is 0 Å². The normalized spacial score (nSPS) is 9.38. The highest BCUT2D eigenvalue weighted by atomic mass is 35.5. The molecule has 0 unspecified atom stereocenters. The van der Waals surface area contributed by atoms with Crippen molar-refractivity contribution in [1.29, 1.82) is 0 Å². The minimum atomic E-state index is 0.617. The van der Waals surface area contributed by atoms with E-state index in [4.69, 9.17) is 16.3 Å². The first kappa shape index (κ1) is 9.93. The van der Waals surface area contributed by atoms with Gasteiger partial charge in [-0.15, -0.1) is 6.58 Å². The molecule has 0 aliphatic carbocycles. The predicted molar refractivity (Wildman–Crippen MR) is 56.7 cm³/mol. The Labute approximate surface area is 83.2 Å². The molecule has 0 heterocycles. The van der Waals surface area contributed by atoms with Crippen LogP contribution in [0.15, 0.2) is 30.9 Å². The second-order valence-electron chi connectivity index (χ2n) is 2.52. The third kappa shape index (κ3) is 2.67. The fourth-order valence-electron chi connectivity index (χ4n) is 0.960. The Hall–Kier alpha value is -1.15. The maximum absolute atomic E-state index is 5.86. The first-order valence-electron chi connectivity index (χ1n) is 3.96. The van der Waals surface area contributed by atoms with Gasteiger partial charge in [0, 0.05) is 18.3 Å². The third-order valence-corrected chi connectivity index (χ3v) is 1.91. The smallest absolute Gasteiger partial charge is 0.139 e. The summed E-state index contributed by atoms with van der Waals surface area (Å²) in [7, 11) is 1.60. The molecule has 0 aliphatic rings. The lowest BCUT2D eigenvalue weighted by Crippen LogP contribution is -1.97. The van der Waals surface area contributed by atoms with E-state index in [1.54, 1.807) is 19.3 Å². The second-order valence-corrected chi connectivity index (χ2v) is 2.93. The number of hydrogen-bond acceptors (Lipinski definition) is 2. The highest BCUT2D eigenvalue weighted by molar-refractivity contribution is 6.32. The largest absolute Gasteiger partial charge is 0.495 e. The molecule has 0 amide bonds. The maximum Gasteiger partial charge on any atom is 0.139 e. The van der Waals surface area contributed by atoms with Gasteiger partial charge in [0.15, 0.2) is 0 Å². The van der Waals surface area contributed by atoms with Crippen molar-refractivity contribution in [2.24, 2.45) is 0 Å². The highest BCUT2D eigenvalue weighted by Crippen LogP contribution is 2.27. The predicted octanol–water partition coefficient (Wildman–Crippen LogP) is 2.95. The van der Waals surface area contributed by atoms with E-state index in [1.165, 1.54) is 0 Å². The molecule has 0 bridgehead atoms. The first-order valence-corrected chi connectivity index (χ1v) is 4.34. The average Bonchev–Trinajstić information content (AvgIpc) is 2.16. The van der Waals surface area contributed by atoms with Crippen LogP contribution in [-0.4, -0.2) is 13.7 Å². The van der Waals surface area contributed by atoms with Gasteiger partial charge in [-0.2, -0.15) is 0 Å². The van der Waals surface area contributed by atoms with Crippen LogP contribution in [0.5, 0.6) is 5.75 Å². The molecular weight excluding hydrogens is 186 g/mol. The summed E-state index contributed by atoms with van der Waals surface area (Å²) in [6.45, 7) is 4.34. The summed E-state index contributed by atoms with van der Waals surface area (Å²) >= 11 is 5.86. The quantitative estimate of drug-likeness (QED) is 0.750. The number of anilines is 1. The number of rotatable bonds is 4. The highest BCUT2D eigenvalue weighted by Gasteiger charge is 2.00. The summed E-state index contributed by atoms with van der Waals surface area (Å²) in [6.07, 6.45) is 1.79. The van der Waals surface area contributed by atoms with Gasteiger partial charge in [0.2, 0.25) is 0 Å². The van der Waals surface area contributed by atoms with Crippen LogP contribution in [0.1, 0.15) is 0 Å². The molecule has 70 valence electrons. The lowest BCUT2D eigenvalue weighted by atomic mass is 10.3. The van der Waals surface area contributed by atoms with E-state index >= 15 is 0 Å². The molecule has 0 saturated carbocycles. The van der Waals surface area contributed by atoms with Crippen LogP contribution in [0.25, 0.3) is 0 Å². The molecule has 0 atom stereocenters. The van der Waals surface area contributed by atoms with Gasteiger partial charge in [0.25, 0.3) is 0 Å². The van der Waals surface area contributed by atoms with Crippen LogP contribution in [0.4, 0.5) is 5.69 Å². The fraction of sp³-hybridized carbons (Fsp3) is 0.200. The van der Waals surface area contributed by atoms with Crippen LogP contribution in [-0.2, 0) is 0 Å². The topological polar surface area (TPSA) is 21.3 Å². The second kappa shape index (κ2) is 4.77. The van der Waals surface area contributed by atoms with Crippen molar-refractivity contribution >= 4 is 17.3 Å². The Kier molecular flexibility index (Phi) is 3.65. The molecule has 0 aromatic heterocycles. The van der Waals surface area contributed by atoms with Gasteiger partial charge in [-0.05, 0) is 12.1 Å². The first-order chi connectivity index (χ1) is 6.27. The van der Waals surface area contributed by atoms with Crippen molar-refractivity contribution in [2.75, 3.05) is 19.0 Å². The van der Waals surface area contributed by atoms with E-state index in [9.17, 15) is 0 Å². The van der Waals surface area contributed by atoms with Gasteiger partial charge < -0.3 is 10.1 Å². The van der Waals surface area contributed by atoms with Crippen molar-refractivity contribution in [3.8, 4) is 5.75 Å². The zero-order valence-electron chi connectivity index (χ0n) is 7.51. The van der Waals surface area contributed by atoms with E-state index in [-0.39, 0.29) is 0 Å². The molecule has 2 nitrogen and oxygen atoms in total. The third-order valence-electron chi connectivity index (χ3n) is 1.60. The van der Waals surface area contributed by atoms with E-state index in [0.717, 1.165) is 12.2 Å². The molecule has 0 fully saturated rings. The molecular formula is C10H12ClNO. The van der Waals surface area contributed by atoms with Crippen LogP contribution in [0.3, 0.4) is 0 Å². The minimum Gasteiger partial charge on any atom is -0.495 e. The number of nitrogens with one attached hydrogen (secondary N) is 1. The number of benzene rings is 1.